The van der Waals surface area contributed by atoms with E-state index in [2.05, 4.69) is 17.2 Å². The lowest BCUT2D eigenvalue weighted by Crippen LogP contribution is -2.09. The van der Waals surface area contributed by atoms with Crippen LogP contribution in [-0.2, 0) is 6.18 Å². The molecule has 1 N–H and O–H groups in total. The Morgan fingerprint density at radius 3 is 2.52 bits per heavy atom. The number of alkyl halides is 3. The molecule has 0 bridgehead atoms. The van der Waals surface area contributed by atoms with Crippen molar-refractivity contribution in [2.24, 2.45) is 0 Å². The number of aromatic nitrogens is 1. The molecule has 2 aromatic rings. The second-order valence-electron chi connectivity index (χ2n) is 4.19. The van der Waals surface area contributed by atoms with E-state index >= 15 is 0 Å². The van der Waals surface area contributed by atoms with Crippen molar-refractivity contribution < 1.29 is 22.3 Å². The molecule has 0 atom stereocenters. The summed E-state index contributed by atoms with van der Waals surface area (Å²) in [5, 5.41) is 2.49. The molecule has 1 heterocycles. The zero-order valence-electron chi connectivity index (χ0n) is 11.0. The SMILES string of the molecule is [CH2]c1ncc(Nc2ccc(OC)cc2C(F)(F)F)cc1F. The van der Waals surface area contributed by atoms with Crippen molar-refractivity contribution in [2.75, 3.05) is 12.4 Å². The number of anilines is 2. The van der Waals surface area contributed by atoms with Crippen LogP contribution >= 0.6 is 0 Å². The first-order valence-corrected chi connectivity index (χ1v) is 5.81. The maximum absolute atomic E-state index is 13.3. The summed E-state index contributed by atoms with van der Waals surface area (Å²) in [4.78, 5) is 3.65. The van der Waals surface area contributed by atoms with E-state index in [1.54, 1.807) is 0 Å². The Hall–Kier alpha value is -2.31. The zero-order valence-corrected chi connectivity index (χ0v) is 11.0. The summed E-state index contributed by atoms with van der Waals surface area (Å²) in [6.45, 7) is 3.34. The summed E-state index contributed by atoms with van der Waals surface area (Å²) < 4.78 is 57.2. The highest BCUT2D eigenvalue weighted by atomic mass is 19.4. The predicted molar refractivity (Wildman–Crippen MR) is 69.9 cm³/mol. The van der Waals surface area contributed by atoms with Crippen molar-refractivity contribution in [3.63, 3.8) is 0 Å². The van der Waals surface area contributed by atoms with Crippen molar-refractivity contribution in [3.05, 3.63) is 54.5 Å². The van der Waals surface area contributed by atoms with Gasteiger partial charge in [0.2, 0.25) is 0 Å². The zero-order chi connectivity index (χ0) is 15.6. The van der Waals surface area contributed by atoms with E-state index in [0.717, 1.165) is 12.1 Å². The Morgan fingerprint density at radius 1 is 1.24 bits per heavy atom. The molecule has 0 unspecified atom stereocenters. The highest BCUT2D eigenvalue weighted by Gasteiger charge is 2.34. The number of methoxy groups -OCH3 is 1. The van der Waals surface area contributed by atoms with E-state index in [-0.39, 0.29) is 22.8 Å². The van der Waals surface area contributed by atoms with Crippen molar-refractivity contribution in [1.29, 1.82) is 0 Å². The summed E-state index contributed by atoms with van der Waals surface area (Å²) in [6.07, 6.45) is -3.37. The molecular formula is C14H11F4N2O. The Morgan fingerprint density at radius 2 is 1.95 bits per heavy atom. The van der Waals surface area contributed by atoms with Crippen molar-refractivity contribution >= 4 is 11.4 Å². The van der Waals surface area contributed by atoms with Gasteiger partial charge >= 0.3 is 6.18 Å². The van der Waals surface area contributed by atoms with Gasteiger partial charge in [-0.1, -0.05) is 0 Å². The lowest BCUT2D eigenvalue weighted by atomic mass is 10.1. The summed E-state index contributed by atoms with van der Waals surface area (Å²) in [5.74, 6) is -0.632. The lowest BCUT2D eigenvalue weighted by Gasteiger charge is -2.15. The molecule has 0 aliphatic carbocycles. The van der Waals surface area contributed by atoms with Gasteiger partial charge in [-0.05, 0) is 25.1 Å². The maximum Gasteiger partial charge on any atom is 0.418 e. The third kappa shape index (κ3) is 3.42. The molecule has 0 aliphatic heterocycles. The first kappa shape index (κ1) is 15.1. The largest absolute Gasteiger partial charge is 0.497 e. The molecule has 0 spiro atoms. The van der Waals surface area contributed by atoms with Gasteiger partial charge in [-0.25, -0.2) is 4.39 Å². The molecule has 0 amide bonds. The summed E-state index contributed by atoms with van der Waals surface area (Å²) >= 11 is 0. The number of nitrogens with zero attached hydrogens (tertiary/aromatic N) is 1. The van der Waals surface area contributed by atoms with Gasteiger partial charge in [-0.3, -0.25) is 4.98 Å². The van der Waals surface area contributed by atoms with E-state index < -0.39 is 17.6 Å². The van der Waals surface area contributed by atoms with E-state index in [9.17, 15) is 17.6 Å². The summed E-state index contributed by atoms with van der Waals surface area (Å²) in [5.41, 5.74) is -1.12. The molecule has 7 heteroatoms. The summed E-state index contributed by atoms with van der Waals surface area (Å²) in [7, 11) is 1.27. The minimum absolute atomic E-state index is 0.0743. The molecule has 2 rings (SSSR count). The predicted octanol–water partition coefficient (Wildman–Crippen LogP) is 4.17. The standard InChI is InChI=1S/C14H11F4N2O/c1-8-12(15)5-9(7-19-8)20-13-4-3-10(21-2)6-11(13)14(16,17)18/h3-7,20H,1H2,2H3. The van der Waals surface area contributed by atoms with Crippen molar-refractivity contribution in [1.82, 2.24) is 4.98 Å². The minimum Gasteiger partial charge on any atom is -0.497 e. The second kappa shape index (κ2) is 5.59. The number of pyridine rings is 1. The third-order valence-electron chi connectivity index (χ3n) is 2.73. The van der Waals surface area contributed by atoms with Crippen LogP contribution in [0.2, 0.25) is 0 Å². The van der Waals surface area contributed by atoms with E-state index in [1.165, 1.54) is 25.4 Å². The smallest absolute Gasteiger partial charge is 0.418 e. The van der Waals surface area contributed by atoms with Crippen molar-refractivity contribution in [3.8, 4) is 5.75 Å². The number of rotatable bonds is 3. The normalized spacial score (nSPS) is 11.3. The molecule has 1 aromatic carbocycles. The fourth-order valence-electron chi connectivity index (χ4n) is 1.68. The van der Waals surface area contributed by atoms with Gasteiger partial charge in [0.1, 0.15) is 11.6 Å². The highest BCUT2D eigenvalue weighted by molar-refractivity contribution is 5.64. The minimum atomic E-state index is -4.57. The number of benzene rings is 1. The topological polar surface area (TPSA) is 34.2 Å². The Balaban J connectivity index is 2.41. The van der Waals surface area contributed by atoms with Gasteiger partial charge in [-0.15, -0.1) is 0 Å². The molecule has 21 heavy (non-hydrogen) atoms. The summed E-state index contributed by atoms with van der Waals surface area (Å²) in [6, 6.07) is 4.47. The van der Waals surface area contributed by atoms with E-state index in [4.69, 9.17) is 4.74 Å². The molecule has 0 saturated heterocycles. The molecule has 0 aliphatic rings. The Kier molecular flexibility index (Phi) is 4.02. The number of halogens is 4. The molecule has 0 fully saturated rings. The van der Waals surface area contributed by atoms with Gasteiger partial charge < -0.3 is 10.1 Å². The van der Waals surface area contributed by atoms with Gasteiger partial charge in [0, 0.05) is 6.07 Å². The van der Waals surface area contributed by atoms with Crippen LogP contribution < -0.4 is 10.1 Å². The number of ether oxygens (including phenoxy) is 1. The third-order valence-corrected chi connectivity index (χ3v) is 2.73. The first-order valence-electron chi connectivity index (χ1n) is 5.81. The molecule has 3 nitrogen and oxygen atoms in total. The van der Waals surface area contributed by atoms with Crippen LogP contribution in [0.4, 0.5) is 28.9 Å². The van der Waals surface area contributed by atoms with Crippen LogP contribution in [0.1, 0.15) is 11.3 Å². The number of hydrogen-bond donors (Lipinski definition) is 1. The lowest BCUT2D eigenvalue weighted by molar-refractivity contribution is -0.137. The number of nitrogens with one attached hydrogen (secondary N) is 1. The van der Waals surface area contributed by atoms with Crippen LogP contribution in [0.5, 0.6) is 5.75 Å². The van der Waals surface area contributed by atoms with E-state index in [1.807, 2.05) is 0 Å². The molecule has 111 valence electrons. The Bertz CT molecular complexity index is 656. The second-order valence-corrected chi connectivity index (χ2v) is 4.19. The quantitative estimate of drug-likeness (QED) is 0.864. The molecular weight excluding hydrogens is 288 g/mol. The van der Waals surface area contributed by atoms with Crippen LogP contribution in [0.15, 0.2) is 30.5 Å². The van der Waals surface area contributed by atoms with Gasteiger partial charge in [-0.2, -0.15) is 13.2 Å². The molecule has 0 saturated carbocycles. The fraction of sp³-hybridized carbons (Fsp3) is 0.143. The number of hydrogen-bond acceptors (Lipinski definition) is 3. The van der Waals surface area contributed by atoms with Crippen molar-refractivity contribution in [2.45, 2.75) is 6.18 Å². The van der Waals surface area contributed by atoms with E-state index in [0.29, 0.717) is 0 Å². The van der Waals surface area contributed by atoms with Gasteiger partial charge in [0.05, 0.1) is 35.9 Å². The Labute approximate surface area is 118 Å². The highest BCUT2D eigenvalue weighted by Crippen LogP contribution is 2.38. The van der Waals surface area contributed by atoms with Crippen LogP contribution in [0, 0.1) is 12.7 Å². The van der Waals surface area contributed by atoms with Gasteiger partial charge in [0.25, 0.3) is 0 Å². The maximum atomic E-state index is 13.3. The molecule has 1 aromatic heterocycles. The van der Waals surface area contributed by atoms with Crippen LogP contribution in [0.25, 0.3) is 0 Å². The monoisotopic (exact) mass is 299 g/mol. The van der Waals surface area contributed by atoms with Crippen LogP contribution in [-0.4, -0.2) is 12.1 Å². The van der Waals surface area contributed by atoms with Gasteiger partial charge in [0.15, 0.2) is 0 Å². The first-order chi connectivity index (χ1) is 9.81. The average molecular weight is 299 g/mol. The van der Waals surface area contributed by atoms with Crippen LogP contribution in [0.3, 0.4) is 0 Å². The average Bonchev–Trinajstić information content (AvgIpc) is 2.42. The fourth-order valence-corrected chi connectivity index (χ4v) is 1.68. The molecule has 1 radical (unpaired) electrons.